The lowest BCUT2D eigenvalue weighted by Gasteiger charge is -2.12. The van der Waals surface area contributed by atoms with Crippen LogP contribution < -0.4 is 10.0 Å². The summed E-state index contributed by atoms with van der Waals surface area (Å²) in [6, 6.07) is 15.5. The SMILES string of the molecule is Cc1ccc(NS(=O)(=O)c2cc(C(=O)NCCSCc3ccco3)ccc2C)cc1. The summed E-state index contributed by atoms with van der Waals surface area (Å²) in [5.41, 5.74) is 2.39. The van der Waals surface area contributed by atoms with Gasteiger partial charge in [0.2, 0.25) is 0 Å². The summed E-state index contributed by atoms with van der Waals surface area (Å²) >= 11 is 1.65. The maximum absolute atomic E-state index is 12.8. The Morgan fingerprint density at radius 1 is 1.07 bits per heavy atom. The molecule has 30 heavy (non-hydrogen) atoms. The molecule has 0 aliphatic rings. The molecular weight excluding hydrogens is 420 g/mol. The molecule has 1 heterocycles. The molecular formula is C22H24N2O4S2. The zero-order valence-electron chi connectivity index (χ0n) is 16.8. The quantitative estimate of drug-likeness (QED) is 0.479. The Balaban J connectivity index is 1.61. The van der Waals surface area contributed by atoms with Crippen LogP contribution in [0.5, 0.6) is 0 Å². The Morgan fingerprint density at radius 3 is 2.53 bits per heavy atom. The molecule has 2 aromatic carbocycles. The summed E-state index contributed by atoms with van der Waals surface area (Å²) in [4.78, 5) is 12.6. The van der Waals surface area contributed by atoms with Gasteiger partial charge < -0.3 is 9.73 Å². The number of benzene rings is 2. The number of carbonyl (C=O) groups is 1. The smallest absolute Gasteiger partial charge is 0.262 e. The van der Waals surface area contributed by atoms with E-state index >= 15 is 0 Å². The maximum Gasteiger partial charge on any atom is 0.262 e. The van der Waals surface area contributed by atoms with E-state index in [2.05, 4.69) is 10.0 Å². The monoisotopic (exact) mass is 444 g/mol. The number of hydrogen-bond acceptors (Lipinski definition) is 5. The minimum Gasteiger partial charge on any atom is -0.468 e. The zero-order valence-corrected chi connectivity index (χ0v) is 18.5. The summed E-state index contributed by atoms with van der Waals surface area (Å²) in [7, 11) is -3.81. The predicted octanol–water partition coefficient (Wildman–Crippen LogP) is 4.36. The number of rotatable bonds is 9. The van der Waals surface area contributed by atoms with E-state index < -0.39 is 10.0 Å². The Labute approximate surface area is 181 Å². The minimum absolute atomic E-state index is 0.0860. The zero-order chi connectivity index (χ0) is 21.6. The first-order chi connectivity index (χ1) is 14.3. The van der Waals surface area contributed by atoms with Gasteiger partial charge in [0, 0.05) is 23.5 Å². The van der Waals surface area contributed by atoms with Crippen LogP contribution in [0.1, 0.15) is 27.2 Å². The van der Waals surface area contributed by atoms with Crippen molar-refractivity contribution in [3.63, 3.8) is 0 Å². The Kier molecular flexibility index (Phi) is 7.23. The summed E-state index contributed by atoms with van der Waals surface area (Å²) in [5, 5.41) is 2.83. The number of anilines is 1. The number of thioether (sulfide) groups is 1. The van der Waals surface area contributed by atoms with Crippen molar-refractivity contribution in [1.29, 1.82) is 0 Å². The topological polar surface area (TPSA) is 88.4 Å². The molecule has 0 saturated heterocycles. The van der Waals surface area contributed by atoms with Crippen LogP contribution in [-0.4, -0.2) is 26.6 Å². The van der Waals surface area contributed by atoms with Crippen LogP contribution in [0, 0.1) is 13.8 Å². The van der Waals surface area contributed by atoms with E-state index in [9.17, 15) is 13.2 Å². The summed E-state index contributed by atoms with van der Waals surface area (Å²) in [6.07, 6.45) is 1.63. The van der Waals surface area contributed by atoms with Crippen molar-refractivity contribution in [2.24, 2.45) is 0 Å². The van der Waals surface area contributed by atoms with Crippen molar-refractivity contribution in [2.45, 2.75) is 24.5 Å². The van der Waals surface area contributed by atoms with Gasteiger partial charge in [0.05, 0.1) is 16.9 Å². The molecule has 0 unspecified atom stereocenters. The lowest BCUT2D eigenvalue weighted by atomic mass is 10.1. The molecule has 2 N–H and O–H groups in total. The second kappa shape index (κ2) is 9.86. The highest BCUT2D eigenvalue weighted by Gasteiger charge is 2.19. The van der Waals surface area contributed by atoms with Gasteiger partial charge >= 0.3 is 0 Å². The van der Waals surface area contributed by atoms with Gasteiger partial charge in [0.25, 0.3) is 15.9 Å². The molecule has 8 heteroatoms. The largest absolute Gasteiger partial charge is 0.468 e. The molecule has 3 aromatic rings. The van der Waals surface area contributed by atoms with E-state index in [-0.39, 0.29) is 10.8 Å². The fourth-order valence-corrected chi connectivity index (χ4v) is 4.86. The maximum atomic E-state index is 12.8. The van der Waals surface area contributed by atoms with Crippen molar-refractivity contribution in [3.8, 4) is 0 Å². The molecule has 0 bridgehead atoms. The van der Waals surface area contributed by atoms with Gasteiger partial charge in [0.1, 0.15) is 5.76 Å². The van der Waals surface area contributed by atoms with Crippen LogP contribution in [0.4, 0.5) is 5.69 Å². The lowest BCUT2D eigenvalue weighted by molar-refractivity contribution is 0.0956. The van der Waals surface area contributed by atoms with E-state index in [1.165, 1.54) is 6.07 Å². The fourth-order valence-electron chi connectivity index (χ4n) is 2.77. The molecule has 0 atom stereocenters. The highest BCUT2D eigenvalue weighted by Crippen LogP contribution is 2.21. The number of furan rings is 1. The lowest BCUT2D eigenvalue weighted by Crippen LogP contribution is -2.26. The third kappa shape index (κ3) is 5.90. The molecule has 3 rings (SSSR count). The van der Waals surface area contributed by atoms with Crippen LogP contribution in [-0.2, 0) is 15.8 Å². The molecule has 1 aromatic heterocycles. The third-order valence-corrected chi connectivity index (χ3v) is 6.90. The van der Waals surface area contributed by atoms with Crippen molar-refractivity contribution in [2.75, 3.05) is 17.0 Å². The van der Waals surface area contributed by atoms with Crippen molar-refractivity contribution >= 4 is 33.4 Å². The molecule has 0 aliphatic heterocycles. The van der Waals surface area contributed by atoms with Gasteiger partial charge in [-0.05, 0) is 55.8 Å². The van der Waals surface area contributed by atoms with E-state index in [0.717, 1.165) is 22.8 Å². The van der Waals surface area contributed by atoms with E-state index in [0.29, 0.717) is 23.4 Å². The number of nitrogens with one attached hydrogen (secondary N) is 2. The first-order valence-electron chi connectivity index (χ1n) is 9.43. The molecule has 6 nitrogen and oxygen atoms in total. The second-order valence-corrected chi connectivity index (χ2v) is 9.60. The third-order valence-electron chi connectivity index (χ3n) is 4.40. The standard InChI is InChI=1S/C22H24N2O4S2/c1-16-5-9-19(10-6-16)24-30(26,27)21-14-18(8-7-17(21)2)22(25)23-11-13-29-15-20-4-3-12-28-20/h3-10,12,14,24H,11,13,15H2,1-2H3,(H,23,25). The number of amides is 1. The number of hydrogen-bond donors (Lipinski definition) is 2. The van der Waals surface area contributed by atoms with Gasteiger partial charge in [-0.2, -0.15) is 11.8 Å². The Hall–Kier alpha value is -2.71. The van der Waals surface area contributed by atoms with Gasteiger partial charge in [-0.15, -0.1) is 0 Å². The van der Waals surface area contributed by atoms with E-state index in [4.69, 9.17) is 4.42 Å². The first-order valence-corrected chi connectivity index (χ1v) is 12.1. The van der Waals surface area contributed by atoms with Gasteiger partial charge in [0.15, 0.2) is 0 Å². The highest BCUT2D eigenvalue weighted by molar-refractivity contribution is 7.98. The van der Waals surface area contributed by atoms with E-state index in [1.54, 1.807) is 49.2 Å². The first kappa shape index (κ1) is 22.0. The summed E-state index contributed by atoms with van der Waals surface area (Å²) in [6.45, 7) is 4.11. The summed E-state index contributed by atoms with van der Waals surface area (Å²) in [5.74, 6) is 2.04. The Bertz CT molecular complexity index is 1090. The average molecular weight is 445 g/mol. The van der Waals surface area contributed by atoms with Gasteiger partial charge in [-0.3, -0.25) is 9.52 Å². The van der Waals surface area contributed by atoms with Crippen LogP contribution in [0.3, 0.4) is 0 Å². The molecule has 1 amide bonds. The van der Waals surface area contributed by atoms with Crippen LogP contribution >= 0.6 is 11.8 Å². The predicted molar refractivity (Wildman–Crippen MR) is 120 cm³/mol. The van der Waals surface area contributed by atoms with Crippen molar-refractivity contribution in [1.82, 2.24) is 5.32 Å². The van der Waals surface area contributed by atoms with Crippen LogP contribution in [0.25, 0.3) is 0 Å². The highest BCUT2D eigenvalue weighted by atomic mass is 32.2. The molecule has 0 radical (unpaired) electrons. The minimum atomic E-state index is -3.81. The second-order valence-electron chi connectivity index (χ2n) is 6.84. The van der Waals surface area contributed by atoms with Gasteiger partial charge in [-0.25, -0.2) is 8.42 Å². The molecule has 0 spiro atoms. The van der Waals surface area contributed by atoms with E-state index in [1.807, 2.05) is 31.2 Å². The molecule has 158 valence electrons. The Morgan fingerprint density at radius 2 is 1.83 bits per heavy atom. The normalized spacial score (nSPS) is 11.3. The fraction of sp³-hybridized carbons (Fsp3) is 0.227. The number of aryl methyl sites for hydroxylation is 2. The molecule has 0 saturated carbocycles. The van der Waals surface area contributed by atoms with Gasteiger partial charge in [-0.1, -0.05) is 23.8 Å². The number of sulfonamides is 1. The summed E-state index contributed by atoms with van der Waals surface area (Å²) < 4.78 is 33.5. The van der Waals surface area contributed by atoms with Crippen LogP contribution in [0.15, 0.2) is 70.2 Å². The van der Waals surface area contributed by atoms with Crippen molar-refractivity contribution in [3.05, 3.63) is 83.3 Å². The molecule has 0 fully saturated rings. The molecule has 0 aliphatic carbocycles. The number of carbonyl (C=O) groups excluding carboxylic acids is 1. The average Bonchev–Trinajstić information content (AvgIpc) is 3.23. The van der Waals surface area contributed by atoms with Crippen molar-refractivity contribution < 1.29 is 17.6 Å². The van der Waals surface area contributed by atoms with Crippen LogP contribution in [0.2, 0.25) is 0 Å².